The molecule has 3 heteroatoms. The van der Waals surface area contributed by atoms with Gasteiger partial charge in [-0.2, -0.15) is 0 Å². The molecule has 0 saturated heterocycles. The highest BCUT2D eigenvalue weighted by atomic mass is 28.3. The molecule has 0 aromatic heterocycles. The lowest BCUT2D eigenvalue weighted by molar-refractivity contribution is 1.68. The standard InChI is InChI=1S/C14H17NSi2/c1-16(13-9-5-3-6-10-13)15-17(2)14-11-7-4-8-12-14/h3-12,16H,1-2H3/b17-15+. The molecule has 0 aliphatic carbocycles. The molecule has 2 aromatic carbocycles. The van der Waals surface area contributed by atoms with Gasteiger partial charge in [0.1, 0.15) is 8.59 Å². The van der Waals surface area contributed by atoms with E-state index in [-0.39, 0.29) is 0 Å². The summed E-state index contributed by atoms with van der Waals surface area (Å²) >= 11 is 0. The molecular formula is C14H17NSi2. The first kappa shape index (κ1) is 12.1. The van der Waals surface area contributed by atoms with Crippen molar-refractivity contribution in [3.8, 4) is 0 Å². The molecule has 0 fully saturated rings. The van der Waals surface area contributed by atoms with Gasteiger partial charge in [0.15, 0.2) is 8.96 Å². The highest BCUT2D eigenvalue weighted by Crippen LogP contribution is 1.92. The van der Waals surface area contributed by atoms with Gasteiger partial charge in [-0.05, 0) is 23.5 Å². The summed E-state index contributed by atoms with van der Waals surface area (Å²) in [5.41, 5.74) is 0. The average Bonchev–Trinajstić information content (AvgIpc) is 2.40. The third-order valence-corrected chi connectivity index (χ3v) is 8.48. The van der Waals surface area contributed by atoms with Crippen LogP contribution in [0.15, 0.2) is 65.0 Å². The van der Waals surface area contributed by atoms with Crippen LogP contribution in [0.3, 0.4) is 0 Å². The SMILES string of the molecule is C/[Si](=N\[SiH](C)c1ccccc1)c1ccccc1. The molecule has 1 atom stereocenters. The van der Waals surface area contributed by atoms with Crippen LogP contribution in [0, 0.1) is 0 Å². The van der Waals surface area contributed by atoms with Crippen LogP contribution in [0.25, 0.3) is 0 Å². The molecule has 1 nitrogen and oxygen atoms in total. The van der Waals surface area contributed by atoms with Gasteiger partial charge in [0.2, 0.25) is 0 Å². The summed E-state index contributed by atoms with van der Waals surface area (Å²) in [6.45, 7) is 4.60. The van der Waals surface area contributed by atoms with Gasteiger partial charge in [-0.3, -0.25) is 0 Å². The van der Waals surface area contributed by atoms with Gasteiger partial charge in [0, 0.05) is 0 Å². The van der Waals surface area contributed by atoms with Crippen molar-refractivity contribution in [3.05, 3.63) is 60.7 Å². The van der Waals surface area contributed by atoms with Gasteiger partial charge in [-0.15, -0.1) is 0 Å². The number of benzene rings is 2. The number of rotatable bonds is 3. The van der Waals surface area contributed by atoms with E-state index >= 15 is 0 Å². The van der Waals surface area contributed by atoms with E-state index in [1.54, 1.807) is 0 Å². The lowest BCUT2D eigenvalue weighted by Crippen LogP contribution is -2.29. The number of hydrogen-bond donors (Lipinski definition) is 0. The van der Waals surface area contributed by atoms with Crippen LogP contribution in [0.5, 0.6) is 0 Å². The minimum Gasteiger partial charge on any atom is -0.361 e. The molecule has 1 unspecified atom stereocenters. The molecule has 0 aliphatic rings. The summed E-state index contributed by atoms with van der Waals surface area (Å²) in [7, 11) is -1.84. The lowest BCUT2D eigenvalue weighted by atomic mass is 10.4. The predicted octanol–water partition coefficient (Wildman–Crippen LogP) is 2.04. The number of nitrogens with zero attached hydrogens (tertiary/aromatic N) is 1. The van der Waals surface area contributed by atoms with Crippen molar-refractivity contribution in [2.24, 2.45) is 4.30 Å². The van der Waals surface area contributed by atoms with Crippen molar-refractivity contribution in [1.29, 1.82) is 0 Å². The fourth-order valence-corrected chi connectivity index (χ4v) is 6.82. The zero-order chi connectivity index (χ0) is 12.1. The van der Waals surface area contributed by atoms with Crippen LogP contribution in [-0.4, -0.2) is 17.5 Å². The molecule has 0 saturated carbocycles. The zero-order valence-electron chi connectivity index (χ0n) is 10.3. The van der Waals surface area contributed by atoms with E-state index in [2.05, 4.69) is 73.8 Å². The van der Waals surface area contributed by atoms with Crippen LogP contribution in [-0.2, 0) is 0 Å². The van der Waals surface area contributed by atoms with E-state index in [1.165, 1.54) is 10.4 Å². The van der Waals surface area contributed by atoms with E-state index in [0.29, 0.717) is 0 Å². The van der Waals surface area contributed by atoms with E-state index in [9.17, 15) is 0 Å². The highest BCUT2D eigenvalue weighted by molar-refractivity contribution is 6.78. The van der Waals surface area contributed by atoms with Crippen molar-refractivity contribution >= 4 is 27.9 Å². The predicted molar refractivity (Wildman–Crippen MR) is 79.2 cm³/mol. The Kier molecular flexibility index (Phi) is 4.17. The maximum Gasteiger partial charge on any atom is 0.179 e. The second kappa shape index (κ2) is 5.84. The van der Waals surface area contributed by atoms with Crippen LogP contribution in [0.4, 0.5) is 0 Å². The Balaban J connectivity index is 2.20. The van der Waals surface area contributed by atoms with Crippen LogP contribution in [0.2, 0.25) is 13.1 Å². The highest BCUT2D eigenvalue weighted by Gasteiger charge is 2.06. The van der Waals surface area contributed by atoms with Crippen molar-refractivity contribution in [1.82, 2.24) is 0 Å². The number of hydrogen-bond acceptors (Lipinski definition) is 1. The molecule has 0 aliphatic heterocycles. The van der Waals surface area contributed by atoms with Gasteiger partial charge < -0.3 is 4.30 Å². The minimum absolute atomic E-state index is 0.727. The Labute approximate surface area is 106 Å². The summed E-state index contributed by atoms with van der Waals surface area (Å²) in [5, 5.41) is 2.85. The van der Waals surface area contributed by atoms with E-state index in [4.69, 9.17) is 4.30 Å². The first-order chi connectivity index (χ1) is 8.27. The van der Waals surface area contributed by atoms with Crippen LogP contribution >= 0.6 is 0 Å². The normalized spacial score (nSPS) is 13.4. The molecule has 0 N–H and O–H groups in total. The summed E-state index contributed by atoms with van der Waals surface area (Å²) < 4.78 is 5.06. The minimum atomic E-state index is -1.12. The first-order valence-corrected chi connectivity index (χ1v) is 10.1. The van der Waals surface area contributed by atoms with E-state index < -0.39 is 17.5 Å². The third kappa shape index (κ3) is 3.31. The van der Waals surface area contributed by atoms with Crippen molar-refractivity contribution in [2.75, 3.05) is 0 Å². The Morgan fingerprint density at radius 2 is 1.41 bits per heavy atom. The van der Waals surface area contributed by atoms with E-state index in [1.807, 2.05) is 0 Å². The quantitative estimate of drug-likeness (QED) is 0.744. The van der Waals surface area contributed by atoms with Crippen molar-refractivity contribution in [2.45, 2.75) is 13.1 Å². The summed E-state index contributed by atoms with van der Waals surface area (Å²) in [6.07, 6.45) is 0. The zero-order valence-corrected chi connectivity index (χ0v) is 12.5. The van der Waals surface area contributed by atoms with Gasteiger partial charge in [0.05, 0.1) is 0 Å². The fraction of sp³-hybridized carbons (Fsp3) is 0.143. The summed E-state index contributed by atoms with van der Waals surface area (Å²) in [5.74, 6) is 0. The molecule has 0 bridgehead atoms. The molecule has 17 heavy (non-hydrogen) atoms. The van der Waals surface area contributed by atoms with Crippen LogP contribution < -0.4 is 10.4 Å². The smallest absolute Gasteiger partial charge is 0.179 e. The fourth-order valence-electron chi connectivity index (χ4n) is 1.85. The van der Waals surface area contributed by atoms with E-state index in [0.717, 1.165) is 0 Å². The molecule has 0 heterocycles. The Morgan fingerprint density at radius 1 is 0.882 bits per heavy atom. The topological polar surface area (TPSA) is 12.4 Å². The largest absolute Gasteiger partial charge is 0.361 e. The molecule has 0 amide bonds. The van der Waals surface area contributed by atoms with Crippen LogP contribution in [0.1, 0.15) is 0 Å². The first-order valence-electron chi connectivity index (χ1n) is 5.92. The molecule has 2 rings (SSSR count). The van der Waals surface area contributed by atoms with Gasteiger partial charge in [-0.25, -0.2) is 0 Å². The molecule has 86 valence electrons. The monoisotopic (exact) mass is 255 g/mol. The summed E-state index contributed by atoms with van der Waals surface area (Å²) in [6, 6.07) is 21.4. The molecule has 2 aromatic rings. The summed E-state index contributed by atoms with van der Waals surface area (Å²) in [4.78, 5) is 0. The van der Waals surface area contributed by atoms with Crippen molar-refractivity contribution in [3.63, 3.8) is 0 Å². The Bertz CT molecular complexity index is 494. The Morgan fingerprint density at radius 3 is 2.00 bits per heavy atom. The second-order valence-electron chi connectivity index (χ2n) is 4.17. The Hall–Kier alpha value is -1.33. The second-order valence-corrected chi connectivity index (χ2v) is 8.97. The van der Waals surface area contributed by atoms with Gasteiger partial charge in [0.25, 0.3) is 0 Å². The lowest BCUT2D eigenvalue weighted by Gasteiger charge is -2.07. The maximum atomic E-state index is 5.06. The molecule has 0 spiro atoms. The maximum absolute atomic E-state index is 5.06. The third-order valence-electron chi connectivity index (χ3n) is 2.86. The van der Waals surface area contributed by atoms with Gasteiger partial charge in [-0.1, -0.05) is 60.7 Å². The average molecular weight is 255 g/mol. The molecule has 0 radical (unpaired) electrons. The van der Waals surface area contributed by atoms with Gasteiger partial charge >= 0.3 is 0 Å². The van der Waals surface area contributed by atoms with Crippen molar-refractivity contribution < 1.29 is 0 Å². The molecular weight excluding hydrogens is 238 g/mol.